The van der Waals surface area contributed by atoms with Gasteiger partial charge < -0.3 is 21.3 Å². The molecule has 4 N–H and O–H groups in total. The van der Waals surface area contributed by atoms with Crippen molar-refractivity contribution in [1.29, 1.82) is 5.26 Å². The third-order valence-electron chi connectivity index (χ3n) is 7.25. The van der Waals surface area contributed by atoms with Crippen LogP contribution in [0.25, 0.3) is 0 Å². The predicted octanol–water partition coefficient (Wildman–Crippen LogP) is 1.55. The zero-order chi connectivity index (χ0) is 29.6. The summed E-state index contributed by atoms with van der Waals surface area (Å²) in [5, 5.41) is 20.7. The van der Waals surface area contributed by atoms with Gasteiger partial charge in [-0.2, -0.15) is 5.26 Å². The molecule has 2 aromatic rings. The highest BCUT2D eigenvalue weighted by atomic mass is 19.1. The zero-order valence-corrected chi connectivity index (χ0v) is 23.0. The molecule has 0 bridgehead atoms. The van der Waals surface area contributed by atoms with Crippen molar-refractivity contribution in [2.75, 3.05) is 0 Å². The molecular formula is C29H34FN7O4. The van der Waals surface area contributed by atoms with Gasteiger partial charge in [0.25, 0.3) is 5.91 Å². The van der Waals surface area contributed by atoms with Crippen LogP contribution in [0.5, 0.6) is 0 Å². The topological polar surface area (TPSA) is 166 Å². The van der Waals surface area contributed by atoms with E-state index in [9.17, 15) is 28.8 Å². The first-order valence-electron chi connectivity index (χ1n) is 13.7. The molecule has 0 unspecified atom stereocenters. The highest BCUT2D eigenvalue weighted by Crippen LogP contribution is 2.34. The molecule has 0 radical (unpaired) electrons. The number of nitrogens with one attached hydrogen (secondary N) is 4. The number of carbonyl (C=O) groups is 4. The van der Waals surface area contributed by atoms with Gasteiger partial charge in [-0.15, -0.1) is 0 Å². The van der Waals surface area contributed by atoms with Crippen LogP contribution in [0.3, 0.4) is 0 Å². The molecule has 2 fully saturated rings. The maximum absolute atomic E-state index is 13.5. The van der Waals surface area contributed by atoms with Crippen LogP contribution < -0.4 is 21.3 Å². The molecule has 216 valence electrons. The average Bonchev–Trinajstić information content (AvgIpc) is 3.72. The summed E-state index contributed by atoms with van der Waals surface area (Å²) in [5.41, 5.74) is 0.216. The predicted molar refractivity (Wildman–Crippen MR) is 145 cm³/mol. The van der Waals surface area contributed by atoms with E-state index in [2.05, 4.69) is 37.3 Å². The monoisotopic (exact) mass is 563 g/mol. The van der Waals surface area contributed by atoms with Crippen LogP contribution in [-0.2, 0) is 20.8 Å². The summed E-state index contributed by atoms with van der Waals surface area (Å²) in [6.45, 7) is 3.80. The lowest BCUT2D eigenvalue weighted by molar-refractivity contribution is -0.130. The fourth-order valence-electron chi connectivity index (χ4n) is 4.99. The van der Waals surface area contributed by atoms with Crippen molar-refractivity contribution in [2.24, 2.45) is 11.8 Å². The van der Waals surface area contributed by atoms with Crippen LogP contribution in [-0.4, -0.2) is 57.3 Å². The second-order valence-corrected chi connectivity index (χ2v) is 11.4. The van der Waals surface area contributed by atoms with Gasteiger partial charge in [0.15, 0.2) is 0 Å². The van der Waals surface area contributed by atoms with E-state index in [1.165, 1.54) is 42.9 Å². The van der Waals surface area contributed by atoms with Crippen LogP contribution in [0.1, 0.15) is 62.0 Å². The van der Waals surface area contributed by atoms with Gasteiger partial charge >= 0.3 is 0 Å². The summed E-state index contributed by atoms with van der Waals surface area (Å²) in [6.07, 6.45) is 6.96. The Bertz CT molecular complexity index is 1310. The van der Waals surface area contributed by atoms with Gasteiger partial charge in [0.1, 0.15) is 29.6 Å². The van der Waals surface area contributed by atoms with Gasteiger partial charge in [-0.3, -0.25) is 24.2 Å². The van der Waals surface area contributed by atoms with Crippen molar-refractivity contribution >= 4 is 23.6 Å². The van der Waals surface area contributed by atoms with Gasteiger partial charge in [-0.05, 0) is 56.7 Å². The lowest BCUT2D eigenvalue weighted by atomic mass is 9.92. The third-order valence-corrected chi connectivity index (χ3v) is 7.25. The molecular weight excluding hydrogens is 529 g/mol. The van der Waals surface area contributed by atoms with Gasteiger partial charge in [-0.1, -0.05) is 25.0 Å². The number of halogens is 1. The van der Waals surface area contributed by atoms with Crippen LogP contribution in [0, 0.1) is 29.0 Å². The molecule has 0 spiro atoms. The summed E-state index contributed by atoms with van der Waals surface area (Å²) in [5.74, 6) is -2.54. The summed E-state index contributed by atoms with van der Waals surface area (Å²) in [7, 11) is 0. The zero-order valence-electron chi connectivity index (χ0n) is 23.0. The summed E-state index contributed by atoms with van der Waals surface area (Å²) < 4.78 is 13.5. The van der Waals surface area contributed by atoms with Gasteiger partial charge in [0, 0.05) is 30.3 Å². The normalized spacial score (nSPS) is 19.7. The number of nitriles is 1. The van der Waals surface area contributed by atoms with Crippen LogP contribution in [0.15, 0.2) is 42.9 Å². The minimum absolute atomic E-state index is 0.00710. The number of hydrogen-bond donors (Lipinski definition) is 4. The summed E-state index contributed by atoms with van der Waals surface area (Å²) >= 11 is 0. The van der Waals surface area contributed by atoms with Crippen LogP contribution in [0.4, 0.5) is 4.39 Å². The first kappa shape index (κ1) is 29.6. The van der Waals surface area contributed by atoms with E-state index >= 15 is 0 Å². The maximum Gasteiger partial charge on any atom is 0.272 e. The number of rotatable bonds is 12. The molecule has 41 heavy (non-hydrogen) atoms. The minimum atomic E-state index is -1.11. The quantitative estimate of drug-likeness (QED) is 0.304. The summed E-state index contributed by atoms with van der Waals surface area (Å²) in [4.78, 5) is 59.9. The van der Waals surface area contributed by atoms with Crippen molar-refractivity contribution < 1.29 is 23.6 Å². The molecule has 11 nitrogen and oxygen atoms in total. The lowest BCUT2D eigenvalue weighted by Crippen LogP contribution is -2.55. The lowest BCUT2D eigenvalue weighted by Gasteiger charge is -2.24. The largest absolute Gasteiger partial charge is 0.351 e. The van der Waals surface area contributed by atoms with Crippen molar-refractivity contribution in [1.82, 2.24) is 31.2 Å². The van der Waals surface area contributed by atoms with Crippen molar-refractivity contribution in [3.05, 3.63) is 59.9 Å². The Balaban J connectivity index is 1.46. The molecule has 2 heterocycles. The molecule has 4 amide bonds. The van der Waals surface area contributed by atoms with E-state index in [0.717, 1.165) is 12.8 Å². The SMILES string of the molecule is CC1(C)C[C@@H](C[C@@H](C#N)NC(=O)[C@H](CC2CC2)NC(=O)[C@H](Cc2ccc(F)cc2)NC(=O)c2cnccn2)C(=O)N1. The Morgan fingerprint density at radius 2 is 1.78 bits per heavy atom. The fraction of sp³-hybridized carbons (Fsp3) is 0.483. The number of nitrogens with zero attached hydrogens (tertiary/aromatic N) is 3. The van der Waals surface area contributed by atoms with E-state index in [0.29, 0.717) is 18.4 Å². The average molecular weight is 564 g/mol. The Morgan fingerprint density at radius 1 is 1.07 bits per heavy atom. The Hall–Kier alpha value is -4.40. The first-order valence-corrected chi connectivity index (χ1v) is 13.7. The van der Waals surface area contributed by atoms with Crippen LogP contribution >= 0.6 is 0 Å². The second-order valence-electron chi connectivity index (χ2n) is 11.4. The van der Waals surface area contributed by atoms with Gasteiger partial charge in [0.05, 0.1) is 12.3 Å². The highest BCUT2D eigenvalue weighted by Gasteiger charge is 2.39. The molecule has 1 aromatic heterocycles. The number of carbonyl (C=O) groups excluding carboxylic acids is 4. The fourth-order valence-corrected chi connectivity index (χ4v) is 4.99. The molecule has 1 aromatic carbocycles. The van der Waals surface area contributed by atoms with E-state index in [-0.39, 0.29) is 35.9 Å². The molecule has 2 aliphatic rings. The minimum Gasteiger partial charge on any atom is -0.351 e. The van der Waals surface area contributed by atoms with E-state index < -0.39 is 47.6 Å². The standard InChI is InChI=1S/C29H34FN7O4/c1-29(2)14-19(25(38)37-29)13-21(15-31)34-26(39)22(11-17-3-4-17)35-27(40)23(12-18-5-7-20(30)8-6-18)36-28(41)24-16-32-9-10-33-24/h5-10,16-17,19,21-23H,3-4,11-14H2,1-2H3,(H,34,39)(H,35,40)(H,36,41)(H,37,38)/t19-,21+,22+,23+/m1/s1. The number of amides is 4. The molecule has 4 atom stereocenters. The van der Waals surface area contributed by atoms with E-state index in [4.69, 9.17) is 0 Å². The number of hydrogen-bond acceptors (Lipinski definition) is 7. The van der Waals surface area contributed by atoms with Crippen molar-refractivity contribution in [2.45, 2.75) is 76.0 Å². The second kappa shape index (κ2) is 12.8. The highest BCUT2D eigenvalue weighted by molar-refractivity contribution is 5.97. The molecule has 1 aliphatic heterocycles. The molecule has 1 saturated carbocycles. The van der Waals surface area contributed by atoms with Crippen LogP contribution in [0.2, 0.25) is 0 Å². The first-order chi connectivity index (χ1) is 19.5. The molecule has 1 saturated heterocycles. The smallest absolute Gasteiger partial charge is 0.272 e. The maximum atomic E-state index is 13.5. The van der Waals surface area contributed by atoms with E-state index in [1.54, 1.807) is 0 Å². The molecule has 4 rings (SSSR count). The number of aromatic nitrogens is 2. The third kappa shape index (κ3) is 8.54. The van der Waals surface area contributed by atoms with Gasteiger partial charge in [0.2, 0.25) is 17.7 Å². The van der Waals surface area contributed by atoms with E-state index in [1.807, 2.05) is 13.8 Å². The van der Waals surface area contributed by atoms with Gasteiger partial charge in [-0.25, -0.2) is 9.37 Å². The van der Waals surface area contributed by atoms with Crippen molar-refractivity contribution in [3.63, 3.8) is 0 Å². The molecule has 1 aliphatic carbocycles. The Labute approximate surface area is 237 Å². The Morgan fingerprint density at radius 3 is 2.37 bits per heavy atom. The summed E-state index contributed by atoms with van der Waals surface area (Å²) in [6, 6.07) is 4.61. The molecule has 12 heteroatoms. The Kier molecular flexibility index (Phi) is 9.27. The van der Waals surface area contributed by atoms with Crippen molar-refractivity contribution in [3.8, 4) is 6.07 Å². The number of benzene rings is 1.